The molecule has 0 fully saturated rings. The predicted molar refractivity (Wildman–Crippen MR) is 103 cm³/mol. The van der Waals surface area contributed by atoms with Gasteiger partial charge in [0.25, 0.3) is 0 Å². The van der Waals surface area contributed by atoms with Crippen LogP contribution in [0.4, 0.5) is 0 Å². The standard InChI is InChI=1S/C21H25NO2S/c1-3-4-5-9-12-20(17-19-10-7-6-8-11-19)22-25(23,24)21-15-13-18(2)14-16-21/h6-8,10-11,13-16,20,22H,3-4,12,17H2,1-2H3/t20-/m0/s1. The summed E-state index contributed by atoms with van der Waals surface area (Å²) in [5, 5.41) is 0. The lowest BCUT2D eigenvalue weighted by Crippen LogP contribution is -2.36. The molecule has 0 aliphatic carbocycles. The fraction of sp³-hybridized carbons (Fsp3) is 0.333. The van der Waals surface area contributed by atoms with Gasteiger partial charge in [-0.05, 0) is 37.5 Å². The Hall–Kier alpha value is -2.09. The van der Waals surface area contributed by atoms with Gasteiger partial charge in [-0.3, -0.25) is 0 Å². The molecule has 0 heterocycles. The van der Waals surface area contributed by atoms with Crippen molar-refractivity contribution in [1.82, 2.24) is 4.72 Å². The maximum absolute atomic E-state index is 12.7. The number of nitrogens with one attached hydrogen (secondary N) is 1. The number of hydrogen-bond acceptors (Lipinski definition) is 2. The van der Waals surface area contributed by atoms with E-state index < -0.39 is 10.0 Å². The first-order valence-electron chi connectivity index (χ1n) is 8.60. The van der Waals surface area contributed by atoms with Crippen LogP contribution >= 0.6 is 0 Å². The molecule has 0 radical (unpaired) electrons. The molecule has 0 aromatic heterocycles. The van der Waals surface area contributed by atoms with E-state index >= 15 is 0 Å². The fourth-order valence-electron chi connectivity index (χ4n) is 2.47. The van der Waals surface area contributed by atoms with Crippen LogP contribution in [0.15, 0.2) is 59.5 Å². The third-order valence-corrected chi connectivity index (χ3v) is 5.36. The molecule has 25 heavy (non-hydrogen) atoms. The number of aryl methyl sites for hydroxylation is 1. The second kappa shape index (κ2) is 9.41. The Balaban J connectivity index is 2.16. The molecule has 132 valence electrons. The molecule has 2 aromatic rings. The number of rotatable bonds is 7. The molecule has 1 atom stereocenters. The van der Waals surface area contributed by atoms with Crippen molar-refractivity contribution >= 4 is 10.0 Å². The Morgan fingerprint density at radius 1 is 1.00 bits per heavy atom. The zero-order chi connectivity index (χ0) is 18.1. The summed E-state index contributed by atoms with van der Waals surface area (Å²) in [5.74, 6) is 6.21. The maximum Gasteiger partial charge on any atom is 0.240 e. The van der Waals surface area contributed by atoms with Crippen molar-refractivity contribution in [2.45, 2.75) is 50.5 Å². The van der Waals surface area contributed by atoms with Gasteiger partial charge < -0.3 is 0 Å². The molecular weight excluding hydrogens is 330 g/mol. The number of sulfonamides is 1. The molecule has 2 aromatic carbocycles. The quantitative estimate of drug-likeness (QED) is 0.761. The second-order valence-corrected chi connectivity index (χ2v) is 7.84. The van der Waals surface area contributed by atoms with Crippen LogP contribution in [0.2, 0.25) is 0 Å². The molecule has 0 saturated carbocycles. The van der Waals surface area contributed by atoms with Crippen molar-refractivity contribution in [3.63, 3.8) is 0 Å². The Labute approximate surface area is 151 Å². The molecule has 0 unspecified atom stereocenters. The average Bonchev–Trinajstić information content (AvgIpc) is 2.59. The van der Waals surface area contributed by atoms with Gasteiger partial charge in [-0.15, -0.1) is 11.8 Å². The molecule has 0 spiro atoms. The molecule has 2 rings (SSSR count). The van der Waals surface area contributed by atoms with E-state index in [1.807, 2.05) is 49.4 Å². The highest BCUT2D eigenvalue weighted by Crippen LogP contribution is 2.13. The molecule has 0 amide bonds. The van der Waals surface area contributed by atoms with Gasteiger partial charge in [0.15, 0.2) is 0 Å². The van der Waals surface area contributed by atoms with Crippen LogP contribution in [0, 0.1) is 18.8 Å². The number of unbranched alkanes of at least 4 members (excludes halogenated alkanes) is 1. The first-order chi connectivity index (χ1) is 12.0. The summed E-state index contributed by atoms with van der Waals surface area (Å²) in [4.78, 5) is 0.290. The lowest BCUT2D eigenvalue weighted by atomic mass is 10.0. The summed E-state index contributed by atoms with van der Waals surface area (Å²) >= 11 is 0. The minimum absolute atomic E-state index is 0.252. The van der Waals surface area contributed by atoms with Gasteiger partial charge in [0.05, 0.1) is 4.90 Å². The van der Waals surface area contributed by atoms with Crippen LogP contribution in [0.25, 0.3) is 0 Å². The molecule has 0 saturated heterocycles. The zero-order valence-corrected chi connectivity index (χ0v) is 15.6. The number of benzene rings is 2. The highest BCUT2D eigenvalue weighted by molar-refractivity contribution is 7.89. The summed E-state index contributed by atoms with van der Waals surface area (Å²) < 4.78 is 28.2. The normalized spacial score (nSPS) is 12.2. The minimum atomic E-state index is -3.56. The van der Waals surface area contributed by atoms with Crippen LogP contribution in [-0.4, -0.2) is 14.5 Å². The minimum Gasteiger partial charge on any atom is -0.207 e. The summed E-state index contributed by atoms with van der Waals surface area (Å²) in [5.41, 5.74) is 2.13. The van der Waals surface area contributed by atoms with Gasteiger partial charge in [-0.1, -0.05) is 55.0 Å². The van der Waals surface area contributed by atoms with Crippen molar-refractivity contribution in [3.8, 4) is 11.8 Å². The summed E-state index contributed by atoms with van der Waals surface area (Å²) in [6.07, 6.45) is 2.96. The van der Waals surface area contributed by atoms with E-state index in [-0.39, 0.29) is 10.9 Å². The second-order valence-electron chi connectivity index (χ2n) is 6.13. The van der Waals surface area contributed by atoms with E-state index in [1.165, 1.54) is 0 Å². The van der Waals surface area contributed by atoms with E-state index in [9.17, 15) is 8.42 Å². The molecule has 3 nitrogen and oxygen atoms in total. The van der Waals surface area contributed by atoms with Gasteiger partial charge >= 0.3 is 0 Å². The third-order valence-electron chi connectivity index (χ3n) is 3.83. The molecular formula is C21H25NO2S. The monoisotopic (exact) mass is 355 g/mol. The molecule has 4 heteroatoms. The van der Waals surface area contributed by atoms with Gasteiger partial charge in [-0.25, -0.2) is 13.1 Å². The van der Waals surface area contributed by atoms with Crippen LogP contribution in [-0.2, 0) is 16.4 Å². The first-order valence-corrected chi connectivity index (χ1v) is 10.1. The fourth-order valence-corrected chi connectivity index (χ4v) is 3.70. The molecule has 1 N–H and O–H groups in total. The van der Waals surface area contributed by atoms with E-state index in [0.29, 0.717) is 12.8 Å². The van der Waals surface area contributed by atoms with E-state index in [2.05, 4.69) is 23.5 Å². The Morgan fingerprint density at radius 2 is 1.68 bits per heavy atom. The Kier molecular flexibility index (Phi) is 7.24. The van der Waals surface area contributed by atoms with Crippen molar-refractivity contribution < 1.29 is 8.42 Å². The van der Waals surface area contributed by atoms with Crippen LogP contribution in [0.3, 0.4) is 0 Å². The third kappa shape index (κ3) is 6.38. The van der Waals surface area contributed by atoms with Gasteiger partial charge in [0, 0.05) is 18.9 Å². The van der Waals surface area contributed by atoms with Gasteiger partial charge in [-0.2, -0.15) is 0 Å². The lowest BCUT2D eigenvalue weighted by molar-refractivity contribution is 0.549. The SMILES string of the molecule is CCCC#CC[C@@H](Cc1ccccc1)NS(=O)(=O)c1ccc(C)cc1. The summed E-state index contributed by atoms with van der Waals surface area (Å²) in [7, 11) is -3.56. The van der Waals surface area contributed by atoms with Crippen LogP contribution in [0.5, 0.6) is 0 Å². The smallest absolute Gasteiger partial charge is 0.207 e. The molecule has 0 aliphatic rings. The van der Waals surface area contributed by atoms with Crippen LogP contribution in [0.1, 0.15) is 37.3 Å². The van der Waals surface area contributed by atoms with Crippen molar-refractivity contribution in [2.75, 3.05) is 0 Å². The summed E-state index contributed by atoms with van der Waals surface area (Å²) in [6.45, 7) is 4.02. The van der Waals surface area contributed by atoms with Crippen LogP contribution < -0.4 is 4.72 Å². The van der Waals surface area contributed by atoms with E-state index in [1.54, 1.807) is 12.1 Å². The first kappa shape index (κ1) is 19.2. The largest absolute Gasteiger partial charge is 0.240 e. The van der Waals surface area contributed by atoms with Crippen molar-refractivity contribution in [2.24, 2.45) is 0 Å². The summed E-state index contributed by atoms with van der Waals surface area (Å²) in [6, 6.07) is 16.5. The zero-order valence-electron chi connectivity index (χ0n) is 14.8. The highest BCUT2D eigenvalue weighted by Gasteiger charge is 2.19. The average molecular weight is 356 g/mol. The van der Waals surface area contributed by atoms with E-state index in [4.69, 9.17) is 0 Å². The van der Waals surface area contributed by atoms with E-state index in [0.717, 1.165) is 24.0 Å². The topological polar surface area (TPSA) is 46.2 Å². The Bertz CT molecular complexity index is 816. The predicted octanol–water partition coefficient (Wildman–Crippen LogP) is 4.08. The van der Waals surface area contributed by atoms with Gasteiger partial charge in [0.1, 0.15) is 0 Å². The van der Waals surface area contributed by atoms with Gasteiger partial charge in [0.2, 0.25) is 10.0 Å². The molecule has 0 aliphatic heterocycles. The lowest BCUT2D eigenvalue weighted by Gasteiger charge is -2.17. The van der Waals surface area contributed by atoms with Crippen molar-refractivity contribution in [3.05, 3.63) is 65.7 Å². The number of hydrogen-bond donors (Lipinski definition) is 1. The highest BCUT2D eigenvalue weighted by atomic mass is 32.2. The molecule has 0 bridgehead atoms. The maximum atomic E-state index is 12.7. The Morgan fingerprint density at radius 3 is 2.32 bits per heavy atom. The van der Waals surface area contributed by atoms with Crippen molar-refractivity contribution in [1.29, 1.82) is 0 Å².